The summed E-state index contributed by atoms with van der Waals surface area (Å²) in [5.41, 5.74) is 1.04. The monoisotopic (exact) mass is 425 g/mol. The lowest BCUT2D eigenvalue weighted by atomic mass is 9.87. The Morgan fingerprint density at radius 1 is 0.966 bits per heavy atom. The minimum absolute atomic E-state index is 0.0785. The van der Waals surface area contributed by atoms with Crippen LogP contribution in [-0.4, -0.2) is 24.3 Å². The van der Waals surface area contributed by atoms with Crippen LogP contribution in [0.15, 0.2) is 53.7 Å². The Kier molecular flexibility index (Phi) is 5.48. The predicted molar refractivity (Wildman–Crippen MR) is 104 cm³/mol. The Hall–Kier alpha value is -2.39. The summed E-state index contributed by atoms with van der Waals surface area (Å²) in [6.07, 6.45) is -1.75. The molecule has 0 bridgehead atoms. The number of rotatable bonds is 5. The molecule has 29 heavy (non-hydrogen) atoms. The van der Waals surface area contributed by atoms with Gasteiger partial charge in [0, 0.05) is 25.4 Å². The molecular weight excluding hydrogens is 403 g/mol. The van der Waals surface area contributed by atoms with Crippen LogP contribution in [0.5, 0.6) is 0 Å². The van der Waals surface area contributed by atoms with Crippen molar-refractivity contribution in [2.45, 2.75) is 43.7 Å². The van der Waals surface area contributed by atoms with Crippen LogP contribution < -0.4 is 4.72 Å². The predicted octanol–water partition coefficient (Wildman–Crippen LogP) is 4.17. The molecule has 0 aliphatic rings. The Bertz CT molecular complexity index is 1110. The molecule has 1 N–H and O–H groups in total. The van der Waals surface area contributed by atoms with Crippen LogP contribution in [0.4, 0.5) is 13.2 Å². The fourth-order valence-electron chi connectivity index (χ4n) is 2.86. The van der Waals surface area contributed by atoms with Crippen LogP contribution in [-0.2, 0) is 28.0 Å². The van der Waals surface area contributed by atoms with Gasteiger partial charge in [-0.2, -0.15) is 13.2 Å². The van der Waals surface area contributed by atoms with Crippen molar-refractivity contribution in [3.63, 3.8) is 0 Å². The third-order valence-corrected chi connectivity index (χ3v) is 6.01. The summed E-state index contributed by atoms with van der Waals surface area (Å²) in [5.74, 6) is 0. The first-order chi connectivity index (χ1) is 13.4. The average molecular weight is 425 g/mol. The molecule has 0 aliphatic carbocycles. The number of hydrogen-bond donors (Lipinski definition) is 1. The van der Waals surface area contributed by atoms with E-state index in [-0.39, 0.29) is 23.3 Å². The highest BCUT2D eigenvalue weighted by atomic mass is 32.2. The van der Waals surface area contributed by atoms with Crippen molar-refractivity contribution >= 4 is 15.7 Å². The van der Waals surface area contributed by atoms with E-state index >= 15 is 0 Å². The number of nitrogens with one attached hydrogen (secondary N) is 1. The fourth-order valence-corrected chi connectivity index (χ4v) is 3.90. The van der Waals surface area contributed by atoms with Crippen LogP contribution in [0.3, 0.4) is 0 Å². The van der Waals surface area contributed by atoms with Gasteiger partial charge in [0.15, 0.2) is 0 Å². The lowest BCUT2D eigenvalue weighted by Crippen LogP contribution is -2.26. The second kappa shape index (κ2) is 7.46. The molecule has 1 aromatic carbocycles. The zero-order valence-corrected chi connectivity index (χ0v) is 17.1. The van der Waals surface area contributed by atoms with Crippen molar-refractivity contribution in [1.29, 1.82) is 0 Å². The second-order valence-corrected chi connectivity index (χ2v) is 9.60. The number of alkyl halides is 3. The Labute approximate surface area is 167 Å². The number of nitrogens with zero attached hydrogens (tertiary/aromatic N) is 2. The smallest absolute Gasteiger partial charge is 0.306 e. The van der Waals surface area contributed by atoms with Crippen LogP contribution in [0.25, 0.3) is 5.65 Å². The SMILES string of the molecule is CC(C)(C)c1ccc(S(=O)(=O)NCCc2cn3cc(C(F)(F)F)ccc3n2)cc1. The number of hydrogen-bond acceptors (Lipinski definition) is 3. The molecule has 3 aromatic rings. The number of imidazole rings is 1. The van der Waals surface area contributed by atoms with Gasteiger partial charge in [-0.05, 0) is 35.2 Å². The molecule has 0 saturated carbocycles. The van der Waals surface area contributed by atoms with Gasteiger partial charge < -0.3 is 4.40 Å². The highest BCUT2D eigenvalue weighted by Crippen LogP contribution is 2.29. The van der Waals surface area contributed by atoms with Crippen molar-refractivity contribution in [1.82, 2.24) is 14.1 Å². The van der Waals surface area contributed by atoms with Crippen LogP contribution in [0.2, 0.25) is 0 Å². The lowest BCUT2D eigenvalue weighted by molar-refractivity contribution is -0.137. The van der Waals surface area contributed by atoms with Crippen molar-refractivity contribution in [3.05, 3.63) is 65.6 Å². The molecule has 0 radical (unpaired) electrons. The number of pyridine rings is 1. The minimum atomic E-state index is -4.43. The van der Waals surface area contributed by atoms with Gasteiger partial charge >= 0.3 is 6.18 Å². The van der Waals surface area contributed by atoms with E-state index in [4.69, 9.17) is 0 Å². The first-order valence-electron chi connectivity index (χ1n) is 9.01. The molecule has 3 rings (SSSR count). The number of halogens is 3. The zero-order valence-electron chi connectivity index (χ0n) is 16.3. The van der Waals surface area contributed by atoms with E-state index in [1.165, 1.54) is 16.7 Å². The van der Waals surface area contributed by atoms with Crippen molar-refractivity contribution in [2.75, 3.05) is 6.54 Å². The van der Waals surface area contributed by atoms with E-state index in [9.17, 15) is 21.6 Å². The third-order valence-electron chi connectivity index (χ3n) is 4.53. The molecule has 5 nitrogen and oxygen atoms in total. The molecule has 2 aromatic heterocycles. The van der Waals surface area contributed by atoms with E-state index in [1.54, 1.807) is 24.3 Å². The normalized spacial score (nSPS) is 13.2. The summed E-state index contributed by atoms with van der Waals surface area (Å²) in [7, 11) is -3.68. The first kappa shape index (κ1) is 21.3. The standard InChI is InChI=1S/C20H22F3N3O2S/c1-19(2,3)14-4-7-17(8-5-14)29(27,28)24-11-10-16-13-26-12-15(20(21,22)23)6-9-18(26)25-16/h4-9,12-13,24H,10-11H2,1-3H3. The van der Waals surface area contributed by atoms with E-state index < -0.39 is 21.8 Å². The minimum Gasteiger partial charge on any atom is -0.306 e. The first-order valence-corrected chi connectivity index (χ1v) is 10.5. The molecule has 9 heteroatoms. The summed E-state index contributed by atoms with van der Waals surface area (Å²) in [4.78, 5) is 4.39. The van der Waals surface area contributed by atoms with E-state index in [2.05, 4.69) is 9.71 Å². The second-order valence-electron chi connectivity index (χ2n) is 7.84. The van der Waals surface area contributed by atoms with Crippen LogP contribution in [0.1, 0.15) is 37.6 Å². The topological polar surface area (TPSA) is 63.5 Å². The van der Waals surface area contributed by atoms with Gasteiger partial charge in [0.2, 0.25) is 10.0 Å². The molecule has 0 fully saturated rings. The Morgan fingerprint density at radius 3 is 2.17 bits per heavy atom. The van der Waals surface area contributed by atoms with Crippen molar-refractivity contribution in [2.24, 2.45) is 0 Å². The molecule has 0 aliphatic heterocycles. The summed E-state index contributed by atoms with van der Waals surface area (Å²) in [5, 5.41) is 0. The largest absolute Gasteiger partial charge is 0.417 e. The van der Waals surface area contributed by atoms with E-state index in [0.29, 0.717) is 11.3 Å². The number of aromatic nitrogens is 2. The maximum absolute atomic E-state index is 12.8. The van der Waals surface area contributed by atoms with Gasteiger partial charge in [0.1, 0.15) is 5.65 Å². The van der Waals surface area contributed by atoms with Gasteiger partial charge in [-0.25, -0.2) is 18.1 Å². The van der Waals surface area contributed by atoms with Crippen LogP contribution >= 0.6 is 0 Å². The van der Waals surface area contributed by atoms with Gasteiger partial charge in [-0.3, -0.25) is 0 Å². The van der Waals surface area contributed by atoms with Crippen molar-refractivity contribution < 1.29 is 21.6 Å². The lowest BCUT2D eigenvalue weighted by Gasteiger charge is -2.19. The van der Waals surface area contributed by atoms with Crippen molar-refractivity contribution in [3.8, 4) is 0 Å². The maximum Gasteiger partial charge on any atom is 0.417 e. The molecule has 0 saturated heterocycles. The molecule has 0 amide bonds. The number of fused-ring (bicyclic) bond motifs is 1. The molecule has 0 unspecified atom stereocenters. The summed E-state index contributed by atoms with van der Waals surface area (Å²) in [6.45, 7) is 6.21. The maximum atomic E-state index is 12.8. The Balaban J connectivity index is 1.67. The summed E-state index contributed by atoms with van der Waals surface area (Å²) < 4.78 is 67.1. The highest BCUT2D eigenvalue weighted by Gasteiger charge is 2.30. The number of benzene rings is 1. The van der Waals surface area contributed by atoms with Gasteiger partial charge in [0.25, 0.3) is 0 Å². The van der Waals surface area contributed by atoms with Crippen LogP contribution in [0, 0.1) is 0 Å². The number of sulfonamides is 1. The Morgan fingerprint density at radius 2 is 1.59 bits per heavy atom. The molecule has 156 valence electrons. The summed E-state index contributed by atoms with van der Waals surface area (Å²) in [6, 6.07) is 8.95. The van der Waals surface area contributed by atoms with Gasteiger partial charge in [-0.15, -0.1) is 0 Å². The molecule has 0 atom stereocenters. The zero-order chi connectivity index (χ0) is 21.4. The molecule has 0 spiro atoms. The third kappa shape index (κ3) is 4.97. The van der Waals surface area contributed by atoms with E-state index in [0.717, 1.165) is 17.8 Å². The van der Waals surface area contributed by atoms with Gasteiger partial charge in [-0.1, -0.05) is 32.9 Å². The van der Waals surface area contributed by atoms with E-state index in [1.807, 2.05) is 20.8 Å². The molecule has 2 heterocycles. The molecular formula is C20H22F3N3O2S. The summed E-state index contributed by atoms with van der Waals surface area (Å²) >= 11 is 0. The highest BCUT2D eigenvalue weighted by molar-refractivity contribution is 7.89. The van der Waals surface area contributed by atoms with Gasteiger partial charge in [0.05, 0.1) is 16.2 Å². The average Bonchev–Trinajstić information content (AvgIpc) is 3.02. The fraction of sp³-hybridized carbons (Fsp3) is 0.350. The quantitative estimate of drug-likeness (QED) is 0.667.